The van der Waals surface area contributed by atoms with Gasteiger partial charge in [-0.05, 0) is 121 Å². The van der Waals surface area contributed by atoms with E-state index in [-0.39, 0.29) is 0 Å². The number of likely N-dealkylation sites (tertiary alicyclic amines) is 1. The Morgan fingerprint density at radius 2 is 1.60 bits per heavy atom. The van der Waals surface area contributed by atoms with Crippen molar-refractivity contribution in [2.75, 3.05) is 13.1 Å². The second-order valence-electron chi connectivity index (χ2n) is 12.2. The van der Waals surface area contributed by atoms with Gasteiger partial charge in [-0.3, -0.25) is 4.68 Å². The Morgan fingerprint density at radius 1 is 1.00 bits per heavy atom. The summed E-state index contributed by atoms with van der Waals surface area (Å²) < 4.78 is 29.9. The molecule has 1 N–H and O–H groups in total. The molecule has 1 aromatic heterocycles. The van der Waals surface area contributed by atoms with Crippen LogP contribution in [0, 0.1) is 6.92 Å². The monoisotopic (exact) mass is 583 g/mol. The Labute approximate surface area is 244 Å². The Bertz CT molecular complexity index is 1410. The molecule has 3 aromatic rings. The van der Waals surface area contributed by atoms with Gasteiger partial charge in [0.1, 0.15) is 4.75 Å². The van der Waals surface area contributed by atoms with Gasteiger partial charge in [0.15, 0.2) is 9.84 Å². The predicted octanol–water partition coefficient (Wildman–Crippen LogP) is 6.58. The average molecular weight is 584 g/mol. The Balaban J connectivity index is 1.35. The normalized spacial score (nSPS) is 23.4. The average Bonchev–Trinajstić information content (AvgIpc) is 3.34. The number of hydrogen-bond donors (Lipinski definition) is 1. The lowest BCUT2D eigenvalue weighted by Gasteiger charge is -2.45. The van der Waals surface area contributed by atoms with Gasteiger partial charge in [0.2, 0.25) is 0 Å². The van der Waals surface area contributed by atoms with Crippen molar-refractivity contribution in [3.63, 3.8) is 0 Å². The Hall–Kier alpha value is -2.19. The SMILES string of the molecule is CCn1nc(C)cc1C1CCN(C2CCC(c3ccc(Cl)cc3)(S(=O)(=O)c3ccc(C(C)(C)O)cc3)CC2)CC1. The lowest BCUT2D eigenvalue weighted by atomic mass is 9.79. The molecule has 2 aliphatic rings. The fourth-order valence-corrected chi connectivity index (χ4v) is 9.17. The number of nitrogens with zero attached hydrogens (tertiary/aromatic N) is 3. The minimum Gasteiger partial charge on any atom is -0.386 e. The third-order valence-corrected chi connectivity index (χ3v) is 12.0. The van der Waals surface area contributed by atoms with Crippen LogP contribution in [0.1, 0.15) is 87.7 Å². The predicted molar refractivity (Wildman–Crippen MR) is 160 cm³/mol. The molecule has 0 amide bonds. The van der Waals surface area contributed by atoms with Gasteiger partial charge >= 0.3 is 0 Å². The summed E-state index contributed by atoms with van der Waals surface area (Å²) in [5.41, 5.74) is 2.91. The van der Waals surface area contributed by atoms with Crippen LogP contribution >= 0.6 is 11.6 Å². The maximum absolute atomic E-state index is 14.4. The first-order chi connectivity index (χ1) is 18.9. The fraction of sp³-hybridized carbons (Fsp3) is 0.531. The molecule has 1 saturated heterocycles. The third-order valence-electron chi connectivity index (χ3n) is 9.22. The highest BCUT2D eigenvalue weighted by Gasteiger charge is 2.49. The molecule has 1 aliphatic heterocycles. The number of aryl methyl sites for hydroxylation is 2. The zero-order valence-electron chi connectivity index (χ0n) is 24.1. The summed E-state index contributed by atoms with van der Waals surface area (Å²) in [5.74, 6) is 0.529. The maximum Gasteiger partial charge on any atom is 0.188 e. The highest BCUT2D eigenvalue weighted by Crippen LogP contribution is 2.48. The molecule has 1 saturated carbocycles. The first-order valence-electron chi connectivity index (χ1n) is 14.6. The van der Waals surface area contributed by atoms with Crippen molar-refractivity contribution in [2.24, 2.45) is 0 Å². The van der Waals surface area contributed by atoms with Crippen LogP contribution < -0.4 is 0 Å². The van der Waals surface area contributed by atoms with E-state index in [1.54, 1.807) is 50.2 Å². The Morgan fingerprint density at radius 3 is 2.15 bits per heavy atom. The summed E-state index contributed by atoms with van der Waals surface area (Å²) in [4.78, 5) is 2.89. The van der Waals surface area contributed by atoms with Crippen LogP contribution in [0.25, 0.3) is 0 Å². The molecule has 0 atom stereocenters. The van der Waals surface area contributed by atoms with Crippen molar-refractivity contribution in [1.29, 1.82) is 0 Å². The van der Waals surface area contributed by atoms with E-state index in [0.29, 0.717) is 40.3 Å². The van der Waals surface area contributed by atoms with Crippen molar-refractivity contribution in [3.05, 3.63) is 82.1 Å². The molecule has 0 radical (unpaired) electrons. The van der Waals surface area contributed by atoms with E-state index in [0.717, 1.165) is 56.6 Å². The van der Waals surface area contributed by atoms with E-state index in [4.69, 9.17) is 11.6 Å². The first-order valence-corrected chi connectivity index (χ1v) is 16.4. The zero-order chi connectivity index (χ0) is 28.7. The van der Waals surface area contributed by atoms with Crippen LogP contribution in [0.3, 0.4) is 0 Å². The minimum absolute atomic E-state index is 0.303. The van der Waals surface area contributed by atoms with Crippen molar-refractivity contribution in [2.45, 2.75) is 100.0 Å². The van der Waals surface area contributed by atoms with Crippen LogP contribution in [0.2, 0.25) is 5.02 Å². The van der Waals surface area contributed by atoms with Gasteiger partial charge in [0.05, 0.1) is 16.2 Å². The summed E-state index contributed by atoms with van der Waals surface area (Å²) in [6, 6.07) is 16.7. The molecule has 5 rings (SSSR count). The van der Waals surface area contributed by atoms with Crippen LogP contribution in [-0.2, 0) is 26.7 Å². The highest BCUT2D eigenvalue weighted by atomic mass is 35.5. The number of benzene rings is 2. The summed E-state index contributed by atoms with van der Waals surface area (Å²) in [5, 5.41) is 15.6. The van der Waals surface area contributed by atoms with E-state index in [2.05, 4.69) is 34.6 Å². The van der Waals surface area contributed by atoms with Crippen molar-refractivity contribution in [1.82, 2.24) is 14.7 Å². The van der Waals surface area contributed by atoms with Gasteiger partial charge in [-0.2, -0.15) is 5.10 Å². The molecular formula is C32H42ClN3O3S. The number of halogens is 1. The van der Waals surface area contributed by atoms with E-state index < -0.39 is 20.2 Å². The van der Waals surface area contributed by atoms with Crippen LogP contribution in [0.4, 0.5) is 0 Å². The van der Waals surface area contributed by atoms with Crippen LogP contribution in [0.15, 0.2) is 59.5 Å². The maximum atomic E-state index is 14.4. The number of aromatic nitrogens is 2. The molecule has 216 valence electrons. The number of sulfone groups is 1. The van der Waals surface area contributed by atoms with Gasteiger partial charge in [-0.25, -0.2) is 8.42 Å². The second-order valence-corrected chi connectivity index (χ2v) is 14.9. The molecular weight excluding hydrogens is 542 g/mol. The number of aliphatic hydroxyl groups is 1. The van der Waals surface area contributed by atoms with Crippen molar-refractivity contribution in [3.8, 4) is 0 Å². The van der Waals surface area contributed by atoms with Crippen molar-refractivity contribution < 1.29 is 13.5 Å². The molecule has 6 nitrogen and oxygen atoms in total. The van der Waals surface area contributed by atoms with E-state index in [1.165, 1.54) is 5.69 Å². The lowest BCUT2D eigenvalue weighted by Crippen LogP contribution is -2.48. The summed E-state index contributed by atoms with van der Waals surface area (Å²) in [6.07, 6.45) is 5.01. The zero-order valence-corrected chi connectivity index (χ0v) is 25.7. The molecule has 2 aromatic carbocycles. The van der Waals surface area contributed by atoms with E-state index >= 15 is 0 Å². The summed E-state index contributed by atoms with van der Waals surface area (Å²) in [6.45, 7) is 10.6. The molecule has 2 fully saturated rings. The quantitative estimate of drug-likeness (QED) is 0.340. The molecule has 0 spiro atoms. The van der Waals surface area contributed by atoms with Crippen molar-refractivity contribution >= 4 is 21.4 Å². The minimum atomic E-state index is -3.71. The number of piperidine rings is 1. The van der Waals surface area contributed by atoms with Gasteiger partial charge in [-0.1, -0.05) is 35.9 Å². The smallest absolute Gasteiger partial charge is 0.188 e. The van der Waals surface area contributed by atoms with E-state index in [9.17, 15) is 13.5 Å². The number of rotatable bonds is 7. The molecule has 0 bridgehead atoms. The summed E-state index contributed by atoms with van der Waals surface area (Å²) in [7, 11) is -3.71. The molecule has 2 heterocycles. The third kappa shape index (κ3) is 5.50. The lowest BCUT2D eigenvalue weighted by molar-refractivity contribution is 0.0785. The van der Waals surface area contributed by atoms with Gasteiger partial charge in [-0.15, -0.1) is 0 Å². The fourth-order valence-electron chi connectivity index (χ4n) is 6.88. The first kappa shape index (κ1) is 29.3. The van der Waals surface area contributed by atoms with Gasteiger partial charge in [0.25, 0.3) is 0 Å². The largest absolute Gasteiger partial charge is 0.386 e. The van der Waals surface area contributed by atoms with Crippen LogP contribution in [0.5, 0.6) is 0 Å². The second kappa shape index (κ2) is 11.2. The molecule has 8 heteroatoms. The molecule has 0 unspecified atom stereocenters. The standard InChI is InChI=1S/C32H42ClN3O3S/c1-5-36-30(22-23(2)34-36)24-16-20-35(21-17-24)28-14-18-32(19-15-28,26-6-10-27(33)11-7-26)40(38,39)29-12-8-25(9-13-29)31(3,4)37/h6-13,22,24,28,37H,5,14-21H2,1-4H3. The number of hydrogen-bond acceptors (Lipinski definition) is 5. The molecule has 40 heavy (non-hydrogen) atoms. The topological polar surface area (TPSA) is 75.4 Å². The van der Waals surface area contributed by atoms with Gasteiger partial charge < -0.3 is 10.0 Å². The van der Waals surface area contributed by atoms with Gasteiger partial charge in [0, 0.05) is 29.2 Å². The highest BCUT2D eigenvalue weighted by molar-refractivity contribution is 7.92. The van der Waals surface area contributed by atoms with E-state index in [1.807, 2.05) is 12.1 Å². The Kier molecular flexibility index (Phi) is 8.23. The molecule has 1 aliphatic carbocycles. The summed E-state index contributed by atoms with van der Waals surface area (Å²) >= 11 is 6.20. The van der Waals surface area contributed by atoms with Crippen LogP contribution in [-0.4, -0.2) is 47.3 Å².